The Morgan fingerprint density at radius 2 is 1.81 bits per heavy atom. The minimum Gasteiger partial charge on any atom is -0.317 e. The van der Waals surface area contributed by atoms with Crippen molar-refractivity contribution in [1.82, 2.24) is 14.0 Å². The van der Waals surface area contributed by atoms with E-state index in [9.17, 15) is 4.79 Å². The average molecular weight is 357 g/mol. The predicted molar refractivity (Wildman–Crippen MR) is 106 cm³/mol. The Morgan fingerprint density at radius 3 is 2.69 bits per heavy atom. The first-order valence-corrected chi connectivity index (χ1v) is 9.19. The van der Waals surface area contributed by atoms with Crippen LogP contribution in [0.1, 0.15) is 11.3 Å². The van der Waals surface area contributed by atoms with Crippen LogP contribution in [0.3, 0.4) is 0 Å². The van der Waals surface area contributed by atoms with Crippen molar-refractivity contribution in [2.75, 3.05) is 0 Å². The third kappa shape index (κ3) is 2.21. The van der Waals surface area contributed by atoms with Gasteiger partial charge in [-0.2, -0.15) is 0 Å². The molecule has 0 amide bonds. The third-order valence-electron chi connectivity index (χ3n) is 4.58. The zero-order valence-electron chi connectivity index (χ0n) is 14.1. The minimum atomic E-state index is -0.0174. The zero-order valence-corrected chi connectivity index (χ0v) is 14.9. The Morgan fingerprint density at radius 1 is 1.00 bits per heavy atom. The van der Waals surface area contributed by atoms with Gasteiger partial charge >= 0.3 is 0 Å². The van der Waals surface area contributed by atoms with Crippen LogP contribution in [0.25, 0.3) is 27.8 Å². The monoisotopic (exact) mass is 357 g/mol. The van der Waals surface area contributed by atoms with Crippen LogP contribution < -0.4 is 10.1 Å². The summed E-state index contributed by atoms with van der Waals surface area (Å²) >= 11 is 1.43. The lowest BCUT2D eigenvalue weighted by Gasteiger charge is -2.09. The Hall–Kier alpha value is -3.18. The summed E-state index contributed by atoms with van der Waals surface area (Å²) in [5.41, 5.74) is 4.97. The van der Waals surface area contributed by atoms with Crippen LogP contribution in [0, 0.1) is 6.92 Å². The molecule has 0 spiro atoms. The van der Waals surface area contributed by atoms with Crippen molar-refractivity contribution in [3.63, 3.8) is 0 Å². The quantitative estimate of drug-likeness (QED) is 0.485. The lowest BCUT2D eigenvalue weighted by molar-refractivity contribution is 1.04. The fourth-order valence-corrected chi connectivity index (χ4v) is 4.28. The van der Waals surface area contributed by atoms with Gasteiger partial charge in [0, 0.05) is 17.6 Å². The highest BCUT2D eigenvalue weighted by atomic mass is 32.1. The highest BCUT2D eigenvalue weighted by Gasteiger charge is 2.11. The van der Waals surface area contributed by atoms with E-state index >= 15 is 0 Å². The molecule has 0 aliphatic carbocycles. The summed E-state index contributed by atoms with van der Waals surface area (Å²) in [6.07, 6.45) is 3.97. The molecule has 5 rings (SSSR count). The van der Waals surface area contributed by atoms with Crippen molar-refractivity contribution in [1.29, 1.82) is 0 Å². The molecule has 0 saturated carbocycles. The van der Waals surface area contributed by atoms with Crippen LogP contribution in [-0.2, 0) is 0 Å². The van der Waals surface area contributed by atoms with E-state index in [0.717, 1.165) is 27.4 Å². The van der Waals surface area contributed by atoms with Gasteiger partial charge in [-0.25, -0.2) is 9.38 Å². The van der Waals surface area contributed by atoms with E-state index in [0.29, 0.717) is 4.53 Å². The summed E-state index contributed by atoms with van der Waals surface area (Å²) in [5, 5.41) is 0. The van der Waals surface area contributed by atoms with Crippen LogP contribution >= 0.6 is 11.3 Å². The number of imidazole rings is 1. The van der Waals surface area contributed by atoms with E-state index in [4.69, 9.17) is 0 Å². The van der Waals surface area contributed by atoms with Crippen LogP contribution in [0.4, 0.5) is 0 Å². The summed E-state index contributed by atoms with van der Waals surface area (Å²) in [6.45, 7) is 2.09. The second-order valence-corrected chi connectivity index (χ2v) is 7.23. The zero-order chi connectivity index (χ0) is 17.7. The SMILES string of the molecule is Cc1ccccc1-n1cccc1/C=c1\sc2nc3ccccc3n2c1=O. The van der Waals surface area contributed by atoms with Gasteiger partial charge in [-0.1, -0.05) is 41.7 Å². The molecule has 5 heteroatoms. The predicted octanol–water partition coefficient (Wildman–Crippen LogP) is 3.56. The molecular weight excluding hydrogens is 342 g/mol. The van der Waals surface area contributed by atoms with Crippen molar-refractivity contribution in [2.45, 2.75) is 6.92 Å². The number of rotatable bonds is 2. The third-order valence-corrected chi connectivity index (χ3v) is 5.55. The van der Waals surface area contributed by atoms with Crippen molar-refractivity contribution in [3.05, 3.63) is 93.0 Å². The van der Waals surface area contributed by atoms with E-state index < -0.39 is 0 Å². The molecule has 2 aromatic carbocycles. The molecule has 0 atom stereocenters. The molecule has 0 saturated heterocycles. The van der Waals surface area contributed by atoms with Gasteiger partial charge in [-0.3, -0.25) is 4.79 Å². The number of aromatic nitrogens is 3. The molecule has 3 aromatic heterocycles. The van der Waals surface area contributed by atoms with Crippen LogP contribution in [0.15, 0.2) is 71.7 Å². The van der Waals surface area contributed by atoms with E-state index in [2.05, 4.69) is 28.6 Å². The minimum absolute atomic E-state index is 0.0174. The first-order valence-electron chi connectivity index (χ1n) is 8.37. The number of para-hydroxylation sites is 3. The Kier molecular flexibility index (Phi) is 3.30. The molecule has 0 aliphatic rings. The van der Waals surface area contributed by atoms with Crippen LogP contribution in [0.2, 0.25) is 0 Å². The highest BCUT2D eigenvalue weighted by molar-refractivity contribution is 7.15. The van der Waals surface area contributed by atoms with Gasteiger partial charge in [0.25, 0.3) is 5.56 Å². The summed E-state index contributed by atoms with van der Waals surface area (Å²) in [4.78, 5) is 18.2. The largest absolute Gasteiger partial charge is 0.317 e. The molecule has 3 heterocycles. The summed E-state index contributed by atoms with van der Waals surface area (Å²) in [7, 11) is 0. The number of fused-ring (bicyclic) bond motifs is 3. The van der Waals surface area contributed by atoms with Gasteiger partial charge in [0.05, 0.1) is 15.6 Å². The highest BCUT2D eigenvalue weighted by Crippen LogP contribution is 2.18. The lowest BCUT2D eigenvalue weighted by Crippen LogP contribution is -2.23. The van der Waals surface area contributed by atoms with Gasteiger partial charge in [0.1, 0.15) is 0 Å². The molecule has 0 radical (unpaired) electrons. The molecule has 0 unspecified atom stereocenters. The van der Waals surface area contributed by atoms with E-state index in [-0.39, 0.29) is 5.56 Å². The molecule has 0 fully saturated rings. The fraction of sp³-hybridized carbons (Fsp3) is 0.0476. The number of hydrogen-bond acceptors (Lipinski definition) is 3. The van der Waals surface area contributed by atoms with Gasteiger partial charge in [-0.15, -0.1) is 0 Å². The van der Waals surface area contributed by atoms with Gasteiger partial charge < -0.3 is 4.57 Å². The van der Waals surface area contributed by atoms with E-state index in [1.165, 1.54) is 16.9 Å². The molecule has 0 aliphatic heterocycles. The Labute approximate surface area is 153 Å². The number of hydrogen-bond donors (Lipinski definition) is 0. The van der Waals surface area contributed by atoms with Crippen molar-refractivity contribution in [2.24, 2.45) is 0 Å². The topological polar surface area (TPSA) is 39.3 Å². The van der Waals surface area contributed by atoms with E-state index in [1.807, 2.05) is 60.8 Å². The van der Waals surface area contributed by atoms with Gasteiger partial charge in [0.2, 0.25) is 0 Å². The second kappa shape index (κ2) is 5.68. The van der Waals surface area contributed by atoms with Gasteiger partial charge in [0.15, 0.2) is 4.96 Å². The van der Waals surface area contributed by atoms with Crippen LogP contribution in [0.5, 0.6) is 0 Å². The standard InChI is InChI=1S/C21H15N3OS/c1-14-7-2-4-10-17(14)23-12-6-8-15(23)13-19-20(25)24-18-11-5-3-9-16(18)22-21(24)26-19/h2-13H,1H3/b19-13-. The summed E-state index contributed by atoms with van der Waals surface area (Å²) < 4.78 is 4.49. The maximum atomic E-state index is 12.9. The smallest absolute Gasteiger partial charge is 0.275 e. The maximum Gasteiger partial charge on any atom is 0.275 e. The number of nitrogens with zero attached hydrogens (tertiary/aromatic N) is 3. The maximum absolute atomic E-state index is 12.9. The fourth-order valence-electron chi connectivity index (χ4n) is 3.31. The second-order valence-electron chi connectivity index (χ2n) is 6.22. The Balaban J connectivity index is 1.74. The molecule has 0 N–H and O–H groups in total. The number of benzene rings is 2. The molecule has 5 aromatic rings. The normalized spacial score (nSPS) is 12.4. The lowest BCUT2D eigenvalue weighted by atomic mass is 10.2. The molecule has 126 valence electrons. The van der Waals surface area contributed by atoms with Crippen LogP contribution in [-0.4, -0.2) is 14.0 Å². The first-order chi connectivity index (χ1) is 12.7. The average Bonchev–Trinajstić information content (AvgIpc) is 3.32. The summed E-state index contributed by atoms with van der Waals surface area (Å²) in [6, 6.07) is 20.0. The van der Waals surface area contributed by atoms with Crippen molar-refractivity contribution >= 4 is 33.4 Å². The summed E-state index contributed by atoms with van der Waals surface area (Å²) in [5.74, 6) is 0. The number of thiazole rings is 1. The molecular formula is C21H15N3OS. The molecule has 0 bridgehead atoms. The first kappa shape index (κ1) is 15.1. The Bertz CT molecular complexity index is 1370. The van der Waals surface area contributed by atoms with Gasteiger partial charge in [-0.05, 0) is 48.9 Å². The molecule has 26 heavy (non-hydrogen) atoms. The van der Waals surface area contributed by atoms with E-state index in [1.54, 1.807) is 4.40 Å². The number of aryl methyl sites for hydroxylation is 1. The van der Waals surface area contributed by atoms with Crippen molar-refractivity contribution in [3.8, 4) is 5.69 Å². The van der Waals surface area contributed by atoms with Crippen molar-refractivity contribution < 1.29 is 0 Å². The molecule has 4 nitrogen and oxygen atoms in total.